The van der Waals surface area contributed by atoms with Crippen LogP contribution in [0.25, 0.3) is 0 Å². The van der Waals surface area contributed by atoms with Crippen LogP contribution < -0.4 is 0 Å². The summed E-state index contributed by atoms with van der Waals surface area (Å²) < 4.78 is 12.9. The van der Waals surface area contributed by atoms with Crippen LogP contribution in [0.5, 0.6) is 0 Å². The molecule has 0 bridgehead atoms. The Morgan fingerprint density at radius 3 is 3.00 bits per heavy atom. The first kappa shape index (κ1) is 10.0. The lowest BCUT2D eigenvalue weighted by Gasteiger charge is -2.11. The van der Waals surface area contributed by atoms with Crippen molar-refractivity contribution in [3.8, 4) is 0 Å². The molecule has 0 fully saturated rings. The van der Waals surface area contributed by atoms with Crippen LogP contribution in [0.2, 0.25) is 0 Å². The number of hydrogen-bond donors (Lipinski definition) is 0. The molecule has 1 rings (SSSR count). The van der Waals surface area contributed by atoms with Gasteiger partial charge in [0.25, 0.3) is 5.91 Å². The van der Waals surface area contributed by atoms with E-state index in [1.54, 1.807) is 0 Å². The average Bonchev–Trinajstić information content (AvgIpc) is 2.63. The topological polar surface area (TPSA) is 47.4 Å². The molecule has 0 aromatic carbocycles. The zero-order valence-corrected chi connectivity index (χ0v) is 7.92. The number of carbonyl (C=O) groups excluding carboxylic acids is 1. The zero-order chi connectivity index (χ0) is 9.84. The van der Waals surface area contributed by atoms with Crippen LogP contribution in [-0.2, 0) is 4.84 Å². The monoisotopic (exact) mass is 205 g/mol. The molecule has 13 heavy (non-hydrogen) atoms. The van der Waals surface area contributed by atoms with E-state index in [4.69, 9.17) is 0 Å². The van der Waals surface area contributed by atoms with E-state index in [2.05, 4.69) is 9.94 Å². The van der Waals surface area contributed by atoms with Crippen molar-refractivity contribution in [3.05, 3.63) is 18.0 Å². The minimum absolute atomic E-state index is 0.0796. The van der Waals surface area contributed by atoms with Gasteiger partial charge in [0.2, 0.25) is 0 Å². The van der Waals surface area contributed by atoms with Crippen molar-refractivity contribution in [3.63, 3.8) is 0 Å². The van der Waals surface area contributed by atoms with Crippen molar-refractivity contribution in [2.45, 2.75) is 0 Å². The maximum atomic E-state index is 11.9. The van der Waals surface area contributed by atoms with Crippen molar-refractivity contribution in [1.82, 2.24) is 14.2 Å². The van der Waals surface area contributed by atoms with Gasteiger partial charge in [0, 0.05) is 7.05 Å². The molecule has 72 valence electrons. The van der Waals surface area contributed by atoms with Gasteiger partial charge in [-0.2, -0.15) is 9.19 Å². The Hall–Kier alpha value is -1.08. The minimum atomic E-state index is -0.372. The average molecular weight is 205 g/mol. The second-order valence-corrected chi connectivity index (χ2v) is 2.70. The van der Waals surface area contributed by atoms with Crippen LogP contribution in [0, 0.1) is 0 Å². The van der Waals surface area contributed by atoms with Crippen LogP contribution in [0.1, 0.15) is 10.4 Å². The summed E-state index contributed by atoms with van der Waals surface area (Å²) in [4.78, 5) is 16.0. The first-order chi connectivity index (χ1) is 6.19. The van der Waals surface area contributed by atoms with Gasteiger partial charge in [0.15, 0.2) is 12.3 Å². The number of rotatable bonds is 3. The van der Waals surface area contributed by atoms with E-state index in [-0.39, 0.29) is 23.8 Å². The zero-order valence-electron chi connectivity index (χ0n) is 7.10. The molecule has 0 spiro atoms. The molecule has 0 saturated heterocycles. The maximum Gasteiger partial charge on any atom is 0.280 e. The summed E-state index contributed by atoms with van der Waals surface area (Å²) in [6.07, 6.45) is 2.55. The van der Waals surface area contributed by atoms with Gasteiger partial charge in [-0.3, -0.25) is 9.63 Å². The summed E-state index contributed by atoms with van der Waals surface area (Å²) in [6.45, 7) is 0. The number of amides is 1. The van der Waals surface area contributed by atoms with Gasteiger partial charge in [-0.1, -0.05) is 0 Å². The number of nitrogens with zero attached hydrogens (tertiary/aromatic N) is 3. The number of hydrogen-bond acceptors (Lipinski definition) is 4. The highest BCUT2D eigenvalue weighted by Gasteiger charge is 2.13. The van der Waals surface area contributed by atoms with Crippen molar-refractivity contribution < 1.29 is 13.5 Å². The molecule has 1 amide bonds. The van der Waals surface area contributed by atoms with E-state index in [1.807, 2.05) is 0 Å². The molecular weight excluding hydrogens is 197 g/mol. The SMILES string of the molecule is CON(C)C(=O)c1cnn(SF)c1. The third-order valence-corrected chi connectivity index (χ3v) is 1.78. The van der Waals surface area contributed by atoms with Crippen LogP contribution in [0.4, 0.5) is 3.89 Å². The van der Waals surface area contributed by atoms with Gasteiger partial charge >= 0.3 is 0 Å². The van der Waals surface area contributed by atoms with Crippen molar-refractivity contribution in [1.29, 1.82) is 0 Å². The molecule has 1 heterocycles. The van der Waals surface area contributed by atoms with E-state index in [0.29, 0.717) is 0 Å². The highest BCUT2D eigenvalue weighted by atomic mass is 32.2. The summed E-state index contributed by atoms with van der Waals surface area (Å²) in [7, 11) is 2.83. The lowest BCUT2D eigenvalue weighted by Crippen LogP contribution is -2.24. The summed E-state index contributed by atoms with van der Waals surface area (Å²) in [6, 6.07) is 0. The predicted molar refractivity (Wildman–Crippen MR) is 45.4 cm³/mol. The van der Waals surface area contributed by atoms with Gasteiger partial charge in [0.1, 0.15) is 0 Å². The van der Waals surface area contributed by atoms with E-state index in [1.165, 1.54) is 26.6 Å². The molecule has 1 aromatic heterocycles. The fourth-order valence-corrected chi connectivity index (χ4v) is 0.954. The number of hydroxylamine groups is 2. The van der Waals surface area contributed by atoms with E-state index in [9.17, 15) is 8.68 Å². The molecule has 0 radical (unpaired) electrons. The Balaban J connectivity index is 2.77. The molecule has 0 atom stereocenters. The molecule has 0 unspecified atom stereocenters. The quantitative estimate of drug-likeness (QED) is 0.688. The Bertz CT molecular complexity index is 304. The predicted octanol–water partition coefficient (Wildman–Crippen LogP) is 0.897. The van der Waals surface area contributed by atoms with Gasteiger partial charge in [0.05, 0.1) is 25.1 Å². The normalized spacial score (nSPS) is 10.1. The minimum Gasteiger partial charge on any atom is -0.274 e. The first-order valence-corrected chi connectivity index (χ1v) is 4.02. The molecule has 0 aliphatic carbocycles. The van der Waals surface area contributed by atoms with Gasteiger partial charge < -0.3 is 0 Å². The third kappa shape index (κ3) is 2.19. The third-order valence-electron chi connectivity index (χ3n) is 1.44. The highest BCUT2D eigenvalue weighted by molar-refractivity contribution is 7.92. The largest absolute Gasteiger partial charge is 0.280 e. The molecule has 0 N–H and O–H groups in total. The fourth-order valence-electron chi connectivity index (χ4n) is 0.718. The number of carbonyl (C=O) groups is 1. The summed E-state index contributed by atoms with van der Waals surface area (Å²) in [5, 5.41) is 4.61. The van der Waals surface area contributed by atoms with E-state index >= 15 is 0 Å². The number of halogens is 1. The molecule has 7 heteroatoms. The smallest absolute Gasteiger partial charge is 0.274 e. The molecular formula is C6H8FN3O2S. The lowest BCUT2D eigenvalue weighted by molar-refractivity contribution is -0.0756. The second kappa shape index (κ2) is 4.24. The van der Waals surface area contributed by atoms with Crippen molar-refractivity contribution >= 4 is 18.2 Å². The standard InChI is InChI=1S/C6H8FN3O2S/c1-9(12-2)6(11)5-3-8-10(4-5)13-7/h3-4H,1-2H3. The van der Waals surface area contributed by atoms with Gasteiger partial charge in [-0.25, -0.2) is 5.06 Å². The van der Waals surface area contributed by atoms with Gasteiger partial charge in [-0.05, 0) is 0 Å². The van der Waals surface area contributed by atoms with Crippen LogP contribution >= 0.6 is 12.3 Å². The summed E-state index contributed by atoms with van der Waals surface area (Å²) >= 11 is -0.0796. The van der Waals surface area contributed by atoms with Crippen LogP contribution in [0.3, 0.4) is 0 Å². The van der Waals surface area contributed by atoms with Gasteiger partial charge in [-0.15, -0.1) is 3.89 Å². The number of aromatic nitrogens is 2. The molecule has 0 saturated carbocycles. The Morgan fingerprint density at radius 2 is 2.54 bits per heavy atom. The van der Waals surface area contributed by atoms with E-state index in [0.717, 1.165) is 9.15 Å². The fraction of sp³-hybridized carbons (Fsp3) is 0.333. The van der Waals surface area contributed by atoms with Crippen LogP contribution in [0.15, 0.2) is 12.4 Å². The lowest BCUT2D eigenvalue weighted by atomic mass is 10.3. The summed E-state index contributed by atoms with van der Waals surface area (Å²) in [5.74, 6) is -0.372. The summed E-state index contributed by atoms with van der Waals surface area (Å²) in [5.41, 5.74) is 0.273. The molecule has 5 nitrogen and oxygen atoms in total. The van der Waals surface area contributed by atoms with Crippen molar-refractivity contribution in [2.24, 2.45) is 0 Å². The Labute approximate surface area is 78.8 Å². The van der Waals surface area contributed by atoms with Crippen LogP contribution in [-0.4, -0.2) is 34.3 Å². The Morgan fingerprint density at radius 1 is 1.85 bits per heavy atom. The molecule has 0 aliphatic rings. The highest BCUT2D eigenvalue weighted by Crippen LogP contribution is 2.08. The maximum absolute atomic E-state index is 11.9. The molecule has 0 aliphatic heterocycles. The first-order valence-electron chi connectivity index (χ1n) is 3.35. The second-order valence-electron chi connectivity index (χ2n) is 2.19. The Kier molecular flexibility index (Phi) is 3.26. The van der Waals surface area contributed by atoms with Crippen molar-refractivity contribution in [2.75, 3.05) is 14.2 Å². The van der Waals surface area contributed by atoms with E-state index < -0.39 is 0 Å². The molecule has 1 aromatic rings.